The molecule has 1 aliphatic carbocycles. The second-order valence-corrected chi connectivity index (χ2v) is 7.70. The first-order valence-electron chi connectivity index (χ1n) is 8.78. The second-order valence-electron chi connectivity index (χ2n) is 6.53. The van der Waals surface area contributed by atoms with Gasteiger partial charge in [-0.2, -0.15) is 0 Å². The molecule has 1 unspecified atom stereocenters. The SMILES string of the molecule is COc1cccc2c1OCC(C(=O)NCCc1nc3c(s1)CCC3)C2. The van der Waals surface area contributed by atoms with Crippen LogP contribution in [-0.4, -0.2) is 31.2 Å². The van der Waals surface area contributed by atoms with Crippen molar-refractivity contribution >= 4 is 17.2 Å². The lowest BCUT2D eigenvalue weighted by Crippen LogP contribution is -2.38. The number of hydrogen-bond donors (Lipinski definition) is 1. The highest BCUT2D eigenvalue weighted by molar-refractivity contribution is 7.11. The number of hydrogen-bond acceptors (Lipinski definition) is 5. The highest BCUT2D eigenvalue weighted by Crippen LogP contribution is 2.36. The van der Waals surface area contributed by atoms with E-state index in [-0.39, 0.29) is 11.8 Å². The van der Waals surface area contributed by atoms with Crippen LogP contribution in [0.15, 0.2) is 18.2 Å². The van der Waals surface area contributed by atoms with Crippen molar-refractivity contribution in [2.45, 2.75) is 32.1 Å². The summed E-state index contributed by atoms with van der Waals surface area (Å²) in [6.07, 6.45) is 5.01. The number of ether oxygens (including phenoxy) is 2. The van der Waals surface area contributed by atoms with E-state index in [2.05, 4.69) is 10.3 Å². The number of aryl methyl sites for hydroxylation is 2. The van der Waals surface area contributed by atoms with Gasteiger partial charge in [0.25, 0.3) is 0 Å². The smallest absolute Gasteiger partial charge is 0.226 e. The Morgan fingerprint density at radius 1 is 1.44 bits per heavy atom. The lowest BCUT2D eigenvalue weighted by molar-refractivity contribution is -0.126. The highest BCUT2D eigenvalue weighted by Gasteiger charge is 2.27. The zero-order valence-electron chi connectivity index (χ0n) is 14.3. The summed E-state index contributed by atoms with van der Waals surface area (Å²) in [5, 5.41) is 4.18. The van der Waals surface area contributed by atoms with E-state index in [1.807, 2.05) is 18.2 Å². The first-order chi connectivity index (χ1) is 12.2. The van der Waals surface area contributed by atoms with Gasteiger partial charge in [-0.3, -0.25) is 4.79 Å². The molecule has 1 aromatic heterocycles. The van der Waals surface area contributed by atoms with Crippen LogP contribution in [0.2, 0.25) is 0 Å². The summed E-state index contributed by atoms with van der Waals surface area (Å²) in [7, 11) is 1.63. The number of fused-ring (bicyclic) bond motifs is 2. The van der Waals surface area contributed by atoms with Crippen LogP contribution >= 0.6 is 11.3 Å². The van der Waals surface area contributed by atoms with Gasteiger partial charge in [0.15, 0.2) is 11.5 Å². The van der Waals surface area contributed by atoms with E-state index in [1.165, 1.54) is 23.4 Å². The number of nitrogens with one attached hydrogen (secondary N) is 1. The van der Waals surface area contributed by atoms with Crippen LogP contribution < -0.4 is 14.8 Å². The van der Waals surface area contributed by atoms with Crippen molar-refractivity contribution in [3.63, 3.8) is 0 Å². The number of carbonyl (C=O) groups is 1. The maximum Gasteiger partial charge on any atom is 0.226 e. The highest BCUT2D eigenvalue weighted by atomic mass is 32.1. The summed E-state index contributed by atoms with van der Waals surface area (Å²) in [5.41, 5.74) is 2.31. The van der Waals surface area contributed by atoms with Gasteiger partial charge >= 0.3 is 0 Å². The summed E-state index contributed by atoms with van der Waals surface area (Å²) in [6.45, 7) is 1.03. The quantitative estimate of drug-likeness (QED) is 0.892. The zero-order valence-corrected chi connectivity index (χ0v) is 15.2. The topological polar surface area (TPSA) is 60.5 Å². The van der Waals surface area contributed by atoms with Crippen LogP contribution in [0.25, 0.3) is 0 Å². The molecule has 2 aromatic rings. The third-order valence-corrected chi connectivity index (χ3v) is 6.04. The number of benzene rings is 1. The number of amides is 1. The van der Waals surface area contributed by atoms with Gasteiger partial charge in [-0.15, -0.1) is 11.3 Å². The minimum absolute atomic E-state index is 0.0533. The Kier molecular flexibility index (Phi) is 4.61. The molecular weight excluding hydrogens is 336 g/mol. The average Bonchev–Trinajstić information content (AvgIpc) is 3.22. The number of methoxy groups -OCH3 is 1. The van der Waals surface area contributed by atoms with Gasteiger partial charge in [-0.25, -0.2) is 4.98 Å². The zero-order chi connectivity index (χ0) is 17.2. The van der Waals surface area contributed by atoms with Crippen LogP contribution in [0.4, 0.5) is 0 Å². The number of para-hydroxylation sites is 1. The van der Waals surface area contributed by atoms with Crippen LogP contribution in [0.5, 0.6) is 11.5 Å². The number of carbonyl (C=O) groups excluding carboxylic acids is 1. The average molecular weight is 358 g/mol. The largest absolute Gasteiger partial charge is 0.493 e. The molecule has 0 saturated heterocycles. The molecule has 1 aromatic carbocycles. The van der Waals surface area contributed by atoms with Crippen LogP contribution in [-0.2, 0) is 30.5 Å². The molecular formula is C19H22N2O3S. The molecule has 1 atom stereocenters. The van der Waals surface area contributed by atoms with Crippen molar-refractivity contribution in [1.29, 1.82) is 0 Å². The summed E-state index contributed by atoms with van der Waals surface area (Å²) in [6, 6.07) is 5.81. The van der Waals surface area contributed by atoms with E-state index in [0.717, 1.165) is 34.9 Å². The summed E-state index contributed by atoms with van der Waals surface area (Å²) in [4.78, 5) is 18.6. The fourth-order valence-electron chi connectivity index (χ4n) is 3.51. The molecule has 0 bridgehead atoms. The van der Waals surface area contributed by atoms with Crippen molar-refractivity contribution in [3.05, 3.63) is 39.3 Å². The first kappa shape index (κ1) is 16.4. The Balaban J connectivity index is 1.31. The van der Waals surface area contributed by atoms with Crippen LogP contribution in [0, 0.1) is 5.92 Å². The minimum atomic E-state index is -0.152. The molecule has 0 fully saturated rings. The molecule has 5 nitrogen and oxygen atoms in total. The maximum atomic E-state index is 12.5. The predicted octanol–water partition coefficient (Wildman–Crippen LogP) is 2.55. The molecule has 0 radical (unpaired) electrons. The lowest BCUT2D eigenvalue weighted by Gasteiger charge is -2.25. The molecule has 4 rings (SSSR count). The lowest BCUT2D eigenvalue weighted by atomic mass is 9.95. The molecule has 132 valence electrons. The van der Waals surface area contributed by atoms with Crippen molar-refractivity contribution in [2.24, 2.45) is 5.92 Å². The van der Waals surface area contributed by atoms with Crippen LogP contribution in [0.3, 0.4) is 0 Å². The molecule has 25 heavy (non-hydrogen) atoms. The van der Waals surface area contributed by atoms with E-state index < -0.39 is 0 Å². The predicted molar refractivity (Wildman–Crippen MR) is 96.5 cm³/mol. The molecule has 1 aliphatic heterocycles. The molecule has 2 heterocycles. The maximum absolute atomic E-state index is 12.5. The van der Waals surface area contributed by atoms with Gasteiger partial charge in [0.05, 0.1) is 23.7 Å². The third-order valence-electron chi connectivity index (χ3n) is 4.82. The number of thiazole rings is 1. The van der Waals surface area contributed by atoms with Crippen LogP contribution in [0.1, 0.15) is 27.6 Å². The number of aromatic nitrogens is 1. The first-order valence-corrected chi connectivity index (χ1v) is 9.60. The Morgan fingerprint density at radius 2 is 2.36 bits per heavy atom. The molecule has 2 aliphatic rings. The van der Waals surface area contributed by atoms with Crippen molar-refractivity contribution in [2.75, 3.05) is 20.3 Å². The van der Waals surface area contributed by atoms with Gasteiger partial charge in [0, 0.05) is 17.8 Å². The van der Waals surface area contributed by atoms with Gasteiger partial charge in [0.2, 0.25) is 5.91 Å². The van der Waals surface area contributed by atoms with Crippen molar-refractivity contribution in [1.82, 2.24) is 10.3 Å². The third kappa shape index (κ3) is 3.35. The van der Waals surface area contributed by atoms with Crippen molar-refractivity contribution in [3.8, 4) is 11.5 Å². The van der Waals surface area contributed by atoms with E-state index in [9.17, 15) is 4.79 Å². The summed E-state index contributed by atoms with van der Waals surface area (Å²) >= 11 is 1.80. The molecule has 1 N–H and O–H groups in total. The Morgan fingerprint density at radius 3 is 3.20 bits per heavy atom. The minimum Gasteiger partial charge on any atom is -0.493 e. The normalized spacial score (nSPS) is 18.2. The fourth-order valence-corrected chi connectivity index (χ4v) is 4.67. The molecule has 6 heteroatoms. The Labute approximate surface area is 151 Å². The van der Waals surface area contributed by atoms with Gasteiger partial charge in [-0.05, 0) is 37.3 Å². The monoisotopic (exact) mass is 358 g/mol. The molecule has 0 spiro atoms. The molecule has 1 amide bonds. The van der Waals surface area contributed by atoms with Gasteiger partial charge < -0.3 is 14.8 Å². The van der Waals surface area contributed by atoms with Crippen molar-refractivity contribution < 1.29 is 14.3 Å². The standard InChI is InChI=1S/C19H22N2O3S/c1-23-15-6-2-4-12-10-13(11-24-18(12)15)19(22)20-9-8-17-21-14-5-3-7-16(14)25-17/h2,4,6,13H,3,5,7-11H2,1H3,(H,20,22). The van der Waals surface area contributed by atoms with E-state index >= 15 is 0 Å². The Bertz CT molecular complexity index is 765. The number of nitrogens with zero attached hydrogens (tertiary/aromatic N) is 1. The summed E-state index contributed by atoms with van der Waals surface area (Å²) in [5.74, 6) is 1.40. The fraction of sp³-hybridized carbons (Fsp3) is 0.474. The Hall–Kier alpha value is -2.08. The van der Waals surface area contributed by atoms with E-state index in [0.29, 0.717) is 19.6 Å². The summed E-state index contributed by atoms with van der Waals surface area (Å²) < 4.78 is 11.1. The second kappa shape index (κ2) is 7.04. The van der Waals surface area contributed by atoms with Gasteiger partial charge in [0.1, 0.15) is 6.61 Å². The van der Waals surface area contributed by atoms with E-state index in [4.69, 9.17) is 9.47 Å². The van der Waals surface area contributed by atoms with Gasteiger partial charge in [-0.1, -0.05) is 12.1 Å². The molecule has 0 saturated carbocycles. The van der Waals surface area contributed by atoms with E-state index in [1.54, 1.807) is 18.4 Å². The number of rotatable bonds is 5.